The first-order valence-electron chi connectivity index (χ1n) is 6.30. The lowest BCUT2D eigenvalue weighted by Gasteiger charge is -2.23. The number of oxime groups is 1. The number of amides is 1. The Labute approximate surface area is 114 Å². The molecule has 1 rings (SSSR count). The van der Waals surface area contributed by atoms with Crippen LogP contribution in [0.2, 0.25) is 0 Å². The van der Waals surface area contributed by atoms with Crippen LogP contribution in [0.3, 0.4) is 0 Å². The summed E-state index contributed by atoms with van der Waals surface area (Å²) in [6.07, 6.45) is 0.878. The number of rotatable bonds is 6. The van der Waals surface area contributed by atoms with Gasteiger partial charge in [0.25, 0.3) is 5.91 Å². The Hall–Kier alpha value is -1.88. The minimum atomic E-state index is -0.352. The van der Waals surface area contributed by atoms with Crippen LogP contribution in [-0.2, 0) is 4.79 Å². The third kappa shape index (κ3) is 5.52. The number of carbonyl (C=O) groups is 1. The van der Waals surface area contributed by atoms with Gasteiger partial charge in [0.15, 0.2) is 5.71 Å². The second-order valence-electron chi connectivity index (χ2n) is 5.44. The van der Waals surface area contributed by atoms with Gasteiger partial charge in [-0.2, -0.15) is 0 Å². The topological polar surface area (TPSA) is 61.7 Å². The van der Waals surface area contributed by atoms with Crippen LogP contribution in [0, 0.1) is 0 Å². The number of hydrogen-bond acceptors (Lipinski definition) is 3. The first kappa shape index (κ1) is 15.2. The molecule has 1 aromatic carbocycles. The van der Waals surface area contributed by atoms with E-state index in [4.69, 9.17) is 5.21 Å². The largest absolute Gasteiger partial charge is 0.410 e. The van der Waals surface area contributed by atoms with E-state index in [0.29, 0.717) is 12.1 Å². The Morgan fingerprint density at radius 2 is 1.89 bits per heavy atom. The molecule has 19 heavy (non-hydrogen) atoms. The first-order valence-corrected chi connectivity index (χ1v) is 6.30. The third-order valence-electron chi connectivity index (χ3n) is 2.65. The van der Waals surface area contributed by atoms with Gasteiger partial charge in [-0.25, -0.2) is 0 Å². The Balaban J connectivity index is 2.49. The van der Waals surface area contributed by atoms with Gasteiger partial charge < -0.3 is 15.0 Å². The molecule has 0 aromatic heterocycles. The van der Waals surface area contributed by atoms with Crippen molar-refractivity contribution in [1.29, 1.82) is 0 Å². The molecule has 0 saturated heterocycles. The van der Waals surface area contributed by atoms with Crippen LogP contribution in [0.25, 0.3) is 0 Å². The molecule has 0 saturated carbocycles. The van der Waals surface area contributed by atoms with Gasteiger partial charge >= 0.3 is 0 Å². The molecule has 0 aliphatic carbocycles. The molecule has 0 bridgehead atoms. The monoisotopic (exact) mass is 264 g/mol. The summed E-state index contributed by atoms with van der Waals surface area (Å²) < 4.78 is 0.857. The highest BCUT2D eigenvalue weighted by Crippen LogP contribution is 2.01. The summed E-state index contributed by atoms with van der Waals surface area (Å²) >= 11 is 0. The Morgan fingerprint density at radius 3 is 2.42 bits per heavy atom. The van der Waals surface area contributed by atoms with Gasteiger partial charge in [0.2, 0.25) is 0 Å². The van der Waals surface area contributed by atoms with Gasteiger partial charge in [-0.15, -0.1) is 0 Å². The molecular formula is C14H22N3O2+. The molecule has 0 spiro atoms. The molecule has 0 aliphatic heterocycles. The molecule has 5 heteroatoms. The summed E-state index contributed by atoms with van der Waals surface area (Å²) in [6, 6.07) is 8.91. The standard InChI is InChI=1S/C14H21N3O2/c1-17(2,3)11-7-10-15-14(18)13(16-19)12-8-5-4-6-9-12/h4-6,8-9H,7,10-11H2,1-3H3,(H-,15,18,19)/p+1. The predicted molar refractivity (Wildman–Crippen MR) is 75.3 cm³/mol. The van der Waals surface area contributed by atoms with Crippen molar-refractivity contribution < 1.29 is 14.5 Å². The van der Waals surface area contributed by atoms with Crippen molar-refractivity contribution in [2.45, 2.75) is 6.42 Å². The van der Waals surface area contributed by atoms with E-state index in [0.717, 1.165) is 17.4 Å². The number of hydrogen-bond donors (Lipinski definition) is 2. The van der Waals surface area contributed by atoms with E-state index in [1.165, 1.54) is 0 Å². The molecular weight excluding hydrogens is 242 g/mol. The minimum Gasteiger partial charge on any atom is -0.410 e. The molecule has 0 radical (unpaired) electrons. The molecule has 104 valence electrons. The zero-order valence-corrected chi connectivity index (χ0v) is 11.8. The fraction of sp³-hybridized carbons (Fsp3) is 0.429. The molecule has 0 fully saturated rings. The van der Waals surface area contributed by atoms with Crippen molar-refractivity contribution in [3.63, 3.8) is 0 Å². The lowest BCUT2D eigenvalue weighted by Crippen LogP contribution is -2.38. The van der Waals surface area contributed by atoms with Crippen molar-refractivity contribution >= 4 is 11.6 Å². The molecule has 1 amide bonds. The maximum atomic E-state index is 11.9. The Kier molecular flexibility index (Phi) is 5.51. The number of quaternary nitrogens is 1. The fourth-order valence-electron chi connectivity index (χ4n) is 1.67. The zero-order valence-electron chi connectivity index (χ0n) is 11.8. The average Bonchev–Trinajstić information content (AvgIpc) is 2.36. The van der Waals surface area contributed by atoms with Crippen LogP contribution >= 0.6 is 0 Å². The van der Waals surface area contributed by atoms with Crippen LogP contribution < -0.4 is 5.32 Å². The van der Waals surface area contributed by atoms with Gasteiger partial charge in [0.05, 0.1) is 27.7 Å². The molecule has 5 nitrogen and oxygen atoms in total. The van der Waals surface area contributed by atoms with Crippen LogP contribution in [-0.4, -0.2) is 55.5 Å². The molecule has 1 aromatic rings. The smallest absolute Gasteiger partial charge is 0.273 e. The highest BCUT2D eigenvalue weighted by molar-refractivity contribution is 6.45. The quantitative estimate of drug-likeness (QED) is 0.265. The summed E-state index contributed by atoms with van der Waals surface area (Å²) in [5.41, 5.74) is 0.653. The Morgan fingerprint density at radius 1 is 1.26 bits per heavy atom. The van der Waals surface area contributed by atoms with Gasteiger partial charge in [-0.05, 0) is 0 Å². The van der Waals surface area contributed by atoms with Crippen molar-refractivity contribution in [1.82, 2.24) is 5.32 Å². The summed E-state index contributed by atoms with van der Waals surface area (Å²) in [5.74, 6) is -0.352. The second-order valence-corrected chi connectivity index (χ2v) is 5.44. The molecule has 0 unspecified atom stereocenters. The van der Waals surface area contributed by atoms with E-state index in [1.807, 2.05) is 6.07 Å². The van der Waals surface area contributed by atoms with E-state index in [1.54, 1.807) is 24.3 Å². The summed E-state index contributed by atoms with van der Waals surface area (Å²) in [7, 11) is 6.31. The maximum absolute atomic E-state index is 11.9. The van der Waals surface area contributed by atoms with E-state index in [9.17, 15) is 4.79 Å². The highest BCUT2D eigenvalue weighted by Gasteiger charge is 2.14. The number of benzene rings is 1. The van der Waals surface area contributed by atoms with Crippen LogP contribution in [0.4, 0.5) is 0 Å². The normalized spacial score (nSPS) is 12.3. The SMILES string of the molecule is C[N+](C)(C)CCCNC(=O)/C(=N\O)c1ccccc1. The van der Waals surface area contributed by atoms with E-state index in [-0.39, 0.29) is 11.6 Å². The Bertz CT molecular complexity index is 436. The third-order valence-corrected chi connectivity index (χ3v) is 2.65. The first-order chi connectivity index (χ1) is 8.94. The fourth-order valence-corrected chi connectivity index (χ4v) is 1.67. The van der Waals surface area contributed by atoms with Gasteiger partial charge in [-0.3, -0.25) is 4.79 Å². The van der Waals surface area contributed by atoms with Gasteiger partial charge in [0, 0.05) is 18.5 Å². The van der Waals surface area contributed by atoms with Crippen LogP contribution in [0.1, 0.15) is 12.0 Å². The number of carbonyl (C=O) groups excluding carboxylic acids is 1. The lowest BCUT2D eigenvalue weighted by atomic mass is 10.1. The minimum absolute atomic E-state index is 0.0471. The molecule has 0 atom stereocenters. The van der Waals surface area contributed by atoms with Crippen molar-refractivity contribution in [3.8, 4) is 0 Å². The van der Waals surface area contributed by atoms with E-state index < -0.39 is 0 Å². The summed E-state index contributed by atoms with van der Waals surface area (Å²) in [6.45, 7) is 1.54. The molecule has 0 aliphatic rings. The van der Waals surface area contributed by atoms with E-state index >= 15 is 0 Å². The summed E-state index contributed by atoms with van der Waals surface area (Å²) in [5, 5.41) is 14.8. The number of nitrogens with one attached hydrogen (secondary N) is 1. The van der Waals surface area contributed by atoms with Gasteiger partial charge in [0.1, 0.15) is 0 Å². The summed E-state index contributed by atoms with van der Waals surface area (Å²) in [4.78, 5) is 11.9. The van der Waals surface area contributed by atoms with Crippen molar-refractivity contribution in [2.75, 3.05) is 34.2 Å². The molecule has 0 heterocycles. The van der Waals surface area contributed by atoms with Crippen molar-refractivity contribution in [2.24, 2.45) is 5.16 Å². The maximum Gasteiger partial charge on any atom is 0.273 e. The van der Waals surface area contributed by atoms with E-state index in [2.05, 4.69) is 31.6 Å². The zero-order chi connectivity index (χ0) is 14.3. The lowest BCUT2D eigenvalue weighted by molar-refractivity contribution is -0.870. The van der Waals surface area contributed by atoms with Crippen LogP contribution in [0.15, 0.2) is 35.5 Å². The predicted octanol–water partition coefficient (Wildman–Crippen LogP) is 1.08. The average molecular weight is 264 g/mol. The highest BCUT2D eigenvalue weighted by atomic mass is 16.4. The van der Waals surface area contributed by atoms with Crippen molar-refractivity contribution in [3.05, 3.63) is 35.9 Å². The number of nitrogens with zero attached hydrogens (tertiary/aromatic N) is 2. The second kappa shape index (κ2) is 6.89. The van der Waals surface area contributed by atoms with Crippen LogP contribution in [0.5, 0.6) is 0 Å². The molecule has 2 N–H and O–H groups in total. The van der Waals surface area contributed by atoms with Gasteiger partial charge in [-0.1, -0.05) is 35.5 Å².